The molecule has 0 spiro atoms. The normalized spacial score (nSPS) is 24.6. The molecule has 6 heteroatoms. The monoisotopic (exact) mass is 451 g/mol. The highest BCUT2D eigenvalue weighted by Crippen LogP contribution is 2.46. The maximum atomic E-state index is 10.9. The van der Waals surface area contributed by atoms with Crippen LogP contribution in [0.15, 0.2) is 11.0 Å². The summed E-state index contributed by atoms with van der Waals surface area (Å²) in [6.45, 7) is 19.9. The molecule has 0 bridgehead atoms. The average Bonchev–Trinajstić information content (AvgIpc) is 3.06. The van der Waals surface area contributed by atoms with E-state index in [9.17, 15) is 4.79 Å². The molecule has 0 aromatic carbocycles. The molecular formula is C24H41NO3SSi. The van der Waals surface area contributed by atoms with Crippen molar-refractivity contribution in [2.45, 2.75) is 110 Å². The summed E-state index contributed by atoms with van der Waals surface area (Å²) in [5.74, 6) is 0.132. The number of epoxide rings is 1. The van der Waals surface area contributed by atoms with Crippen molar-refractivity contribution in [2.24, 2.45) is 5.92 Å². The average molecular weight is 452 g/mol. The van der Waals surface area contributed by atoms with Crippen LogP contribution in [0.3, 0.4) is 0 Å². The number of aromatic nitrogens is 1. The SMILES string of the molecule is C/C(=C\c1csc(C)n1)[C@H](C[C@@H]1O[C@]1(C)CCCC(C)C=O)O[Si](C)(C)C(C)(C)C. The van der Waals surface area contributed by atoms with Gasteiger partial charge in [-0.05, 0) is 69.8 Å². The highest BCUT2D eigenvalue weighted by Gasteiger charge is 2.53. The van der Waals surface area contributed by atoms with Crippen molar-refractivity contribution >= 4 is 32.0 Å². The first kappa shape index (κ1) is 25.4. The fraction of sp³-hybridized carbons (Fsp3) is 0.750. The van der Waals surface area contributed by atoms with Gasteiger partial charge in [0.25, 0.3) is 0 Å². The molecule has 1 aromatic heterocycles. The first-order valence-corrected chi connectivity index (χ1v) is 15.0. The maximum absolute atomic E-state index is 10.9. The van der Waals surface area contributed by atoms with E-state index in [-0.39, 0.29) is 28.8 Å². The molecule has 4 nitrogen and oxygen atoms in total. The van der Waals surface area contributed by atoms with Gasteiger partial charge >= 0.3 is 0 Å². The van der Waals surface area contributed by atoms with Gasteiger partial charge in [-0.1, -0.05) is 27.7 Å². The number of rotatable bonds is 11. The molecule has 2 heterocycles. The molecule has 1 unspecified atom stereocenters. The highest BCUT2D eigenvalue weighted by molar-refractivity contribution is 7.09. The van der Waals surface area contributed by atoms with Gasteiger partial charge in [0, 0.05) is 17.7 Å². The predicted octanol–water partition coefficient (Wildman–Crippen LogP) is 6.80. The number of aldehydes is 1. The number of hydrogen-bond acceptors (Lipinski definition) is 5. The molecule has 4 atom stereocenters. The number of aryl methyl sites for hydroxylation is 1. The molecule has 1 aromatic rings. The van der Waals surface area contributed by atoms with Crippen molar-refractivity contribution in [1.29, 1.82) is 0 Å². The van der Waals surface area contributed by atoms with Crippen molar-refractivity contribution in [2.75, 3.05) is 0 Å². The van der Waals surface area contributed by atoms with Gasteiger partial charge in [0.2, 0.25) is 0 Å². The number of carbonyl (C=O) groups is 1. The Kier molecular flexibility index (Phi) is 8.28. The molecule has 1 aliphatic rings. The third-order valence-electron chi connectivity index (χ3n) is 6.79. The minimum absolute atomic E-state index is 0.0358. The fourth-order valence-electron chi connectivity index (χ4n) is 3.48. The lowest BCUT2D eigenvalue weighted by Gasteiger charge is -2.39. The van der Waals surface area contributed by atoms with Crippen LogP contribution in [-0.2, 0) is 14.0 Å². The predicted molar refractivity (Wildman–Crippen MR) is 130 cm³/mol. The lowest BCUT2D eigenvalue weighted by atomic mass is 9.93. The van der Waals surface area contributed by atoms with Crippen LogP contribution in [-0.4, -0.2) is 37.4 Å². The Labute approximate surface area is 188 Å². The van der Waals surface area contributed by atoms with Gasteiger partial charge in [0.15, 0.2) is 8.32 Å². The van der Waals surface area contributed by atoms with Gasteiger partial charge in [-0.25, -0.2) is 4.98 Å². The lowest BCUT2D eigenvalue weighted by Crippen LogP contribution is -2.44. The van der Waals surface area contributed by atoms with E-state index in [0.29, 0.717) is 0 Å². The van der Waals surface area contributed by atoms with Gasteiger partial charge in [-0.2, -0.15) is 0 Å². The molecule has 1 fully saturated rings. The van der Waals surface area contributed by atoms with Crippen LogP contribution in [0, 0.1) is 12.8 Å². The summed E-state index contributed by atoms with van der Waals surface area (Å²) in [6.07, 6.45) is 7.29. The first-order chi connectivity index (χ1) is 13.8. The topological polar surface area (TPSA) is 51.7 Å². The number of ether oxygens (including phenoxy) is 1. The minimum Gasteiger partial charge on any atom is -0.410 e. The summed E-state index contributed by atoms with van der Waals surface area (Å²) < 4.78 is 13.0. The Balaban J connectivity index is 2.10. The fourth-order valence-corrected chi connectivity index (χ4v) is 5.39. The Morgan fingerprint density at radius 1 is 1.43 bits per heavy atom. The standard InChI is InChI=1S/C24H41NO3SSi/c1-17(15-26)11-10-12-24(7)22(27-24)14-21(28-30(8,9)23(4,5)6)18(2)13-20-16-29-19(3)25-20/h13,15-17,21-22H,10-12,14H2,1-9H3/b18-13+/t17?,21-,22-,24+/m0/s1. The Hall–Kier alpha value is -0.823. The zero-order valence-corrected chi connectivity index (χ0v) is 22.2. The van der Waals surface area contributed by atoms with Crippen LogP contribution in [0.1, 0.15) is 77.9 Å². The molecule has 0 saturated carbocycles. The second-order valence-electron chi connectivity index (χ2n) is 10.7. The van der Waals surface area contributed by atoms with Crippen LogP contribution in [0.5, 0.6) is 0 Å². The van der Waals surface area contributed by atoms with E-state index in [0.717, 1.165) is 42.7 Å². The van der Waals surface area contributed by atoms with Crippen LogP contribution in [0.4, 0.5) is 0 Å². The first-order valence-electron chi connectivity index (χ1n) is 11.2. The van der Waals surface area contributed by atoms with Crippen molar-refractivity contribution < 1.29 is 14.0 Å². The molecule has 1 saturated heterocycles. The quantitative estimate of drug-likeness (QED) is 0.211. The van der Waals surface area contributed by atoms with E-state index in [2.05, 4.69) is 64.2 Å². The lowest BCUT2D eigenvalue weighted by molar-refractivity contribution is -0.110. The molecule has 0 amide bonds. The van der Waals surface area contributed by atoms with E-state index >= 15 is 0 Å². The van der Waals surface area contributed by atoms with Gasteiger partial charge < -0.3 is 14.0 Å². The molecular weight excluding hydrogens is 410 g/mol. The number of thiazole rings is 1. The van der Waals surface area contributed by atoms with Crippen molar-refractivity contribution in [3.63, 3.8) is 0 Å². The molecule has 0 radical (unpaired) electrons. The van der Waals surface area contributed by atoms with Crippen molar-refractivity contribution in [3.05, 3.63) is 21.7 Å². The van der Waals surface area contributed by atoms with E-state index in [1.54, 1.807) is 11.3 Å². The largest absolute Gasteiger partial charge is 0.410 e. The molecule has 0 aliphatic carbocycles. The molecule has 30 heavy (non-hydrogen) atoms. The van der Waals surface area contributed by atoms with Crippen LogP contribution < -0.4 is 0 Å². The summed E-state index contributed by atoms with van der Waals surface area (Å²) in [4.78, 5) is 15.5. The molecule has 1 aliphatic heterocycles. The van der Waals surface area contributed by atoms with E-state index in [4.69, 9.17) is 9.16 Å². The number of carbonyl (C=O) groups excluding carboxylic acids is 1. The molecule has 170 valence electrons. The second kappa shape index (κ2) is 9.76. The van der Waals surface area contributed by atoms with E-state index in [1.807, 2.05) is 13.8 Å². The second-order valence-corrected chi connectivity index (χ2v) is 16.5. The number of hydrogen-bond donors (Lipinski definition) is 0. The summed E-state index contributed by atoms with van der Waals surface area (Å²) >= 11 is 1.68. The van der Waals surface area contributed by atoms with Crippen molar-refractivity contribution in [1.82, 2.24) is 4.98 Å². The third-order valence-corrected chi connectivity index (χ3v) is 12.1. The highest BCUT2D eigenvalue weighted by atomic mass is 32.1. The summed E-state index contributed by atoms with van der Waals surface area (Å²) in [6, 6.07) is 0. The zero-order chi connectivity index (χ0) is 22.7. The molecule has 0 N–H and O–H groups in total. The Morgan fingerprint density at radius 3 is 2.63 bits per heavy atom. The number of nitrogens with zero attached hydrogens (tertiary/aromatic N) is 1. The minimum atomic E-state index is -1.93. The van der Waals surface area contributed by atoms with Crippen LogP contribution in [0.2, 0.25) is 18.1 Å². The Bertz CT molecular complexity index is 752. The zero-order valence-electron chi connectivity index (χ0n) is 20.4. The van der Waals surface area contributed by atoms with Gasteiger partial charge in [0.1, 0.15) is 6.29 Å². The molecule has 2 rings (SSSR count). The summed E-state index contributed by atoms with van der Waals surface area (Å²) in [5, 5.41) is 3.34. The summed E-state index contributed by atoms with van der Waals surface area (Å²) in [5.41, 5.74) is 2.15. The third kappa shape index (κ3) is 6.84. The summed E-state index contributed by atoms with van der Waals surface area (Å²) in [7, 11) is -1.93. The smallest absolute Gasteiger partial charge is 0.192 e. The van der Waals surface area contributed by atoms with E-state index in [1.165, 1.54) is 5.57 Å². The van der Waals surface area contributed by atoms with Crippen LogP contribution in [0.25, 0.3) is 6.08 Å². The van der Waals surface area contributed by atoms with Gasteiger partial charge in [0.05, 0.1) is 28.5 Å². The van der Waals surface area contributed by atoms with Crippen molar-refractivity contribution in [3.8, 4) is 0 Å². The Morgan fingerprint density at radius 2 is 2.10 bits per heavy atom. The van der Waals surface area contributed by atoms with E-state index < -0.39 is 8.32 Å². The van der Waals surface area contributed by atoms with Gasteiger partial charge in [-0.3, -0.25) is 0 Å². The maximum Gasteiger partial charge on any atom is 0.192 e. The van der Waals surface area contributed by atoms with Gasteiger partial charge in [-0.15, -0.1) is 11.3 Å². The van der Waals surface area contributed by atoms with Crippen LogP contribution >= 0.6 is 11.3 Å².